The molecule has 0 bridgehead atoms. The van der Waals surface area contributed by atoms with Gasteiger partial charge in [-0.2, -0.15) is 4.37 Å². The average Bonchev–Trinajstić information content (AvgIpc) is 3.25. The fourth-order valence-electron chi connectivity index (χ4n) is 4.16. The highest BCUT2D eigenvalue weighted by Gasteiger charge is 2.19. The predicted octanol–water partition coefficient (Wildman–Crippen LogP) is 4.08. The molecule has 0 aliphatic rings. The number of benzene rings is 2. The lowest BCUT2D eigenvalue weighted by molar-refractivity contribution is 0.0752. The van der Waals surface area contributed by atoms with E-state index in [4.69, 9.17) is 10.7 Å². The Morgan fingerprint density at radius 1 is 1.11 bits per heavy atom. The summed E-state index contributed by atoms with van der Waals surface area (Å²) in [6.45, 7) is 5.26. The highest BCUT2D eigenvalue weighted by Crippen LogP contribution is 2.19. The number of fused-ring (bicyclic) bond motifs is 1. The van der Waals surface area contributed by atoms with Crippen LogP contribution in [0.15, 0.2) is 53.3 Å². The quantitative estimate of drug-likeness (QED) is 0.349. The zero-order valence-electron chi connectivity index (χ0n) is 20.5. The number of aromatic nitrogens is 3. The molecule has 2 aromatic carbocycles. The van der Waals surface area contributed by atoms with Crippen molar-refractivity contribution in [3.05, 3.63) is 92.9 Å². The van der Waals surface area contributed by atoms with E-state index >= 15 is 0 Å². The molecule has 0 unspecified atom stereocenters. The Morgan fingerprint density at radius 2 is 1.86 bits per heavy atom. The molecule has 1 amide bonds. The second kappa shape index (κ2) is 11.5. The standard InChI is InChI=1S/C27H30FN5O2S/c1-18-11-12-21(16-22(18)28)26(34)32(15-7-13-29)14-6-10-23-30-25-24(19(2)31-36-25)27(35)33(23)17-20-8-4-3-5-9-20/h3-5,8-9,11-12,16H,6-7,10,13-15,17,29H2,1-2H3. The Morgan fingerprint density at radius 3 is 2.58 bits per heavy atom. The van der Waals surface area contributed by atoms with Gasteiger partial charge in [-0.3, -0.25) is 14.2 Å². The second-order valence-electron chi connectivity index (χ2n) is 8.86. The predicted molar refractivity (Wildman–Crippen MR) is 141 cm³/mol. The number of aryl methyl sites for hydroxylation is 3. The Bertz CT molecular complexity index is 1420. The van der Waals surface area contributed by atoms with Crippen molar-refractivity contribution in [2.45, 2.75) is 39.7 Å². The molecule has 0 atom stereocenters. The topological polar surface area (TPSA) is 94.1 Å². The van der Waals surface area contributed by atoms with Crippen LogP contribution in [0.5, 0.6) is 0 Å². The van der Waals surface area contributed by atoms with Gasteiger partial charge in [0, 0.05) is 25.1 Å². The van der Waals surface area contributed by atoms with Gasteiger partial charge in [0.1, 0.15) is 11.6 Å². The van der Waals surface area contributed by atoms with E-state index in [0.717, 1.165) is 5.56 Å². The van der Waals surface area contributed by atoms with Gasteiger partial charge in [0.15, 0.2) is 4.83 Å². The average molecular weight is 508 g/mol. The minimum atomic E-state index is -0.401. The monoisotopic (exact) mass is 507 g/mol. The van der Waals surface area contributed by atoms with E-state index in [1.807, 2.05) is 37.3 Å². The molecular formula is C27H30FN5O2S. The summed E-state index contributed by atoms with van der Waals surface area (Å²) in [5.41, 5.74) is 8.09. The number of amides is 1. The summed E-state index contributed by atoms with van der Waals surface area (Å²) in [6, 6.07) is 14.3. The molecule has 4 aromatic rings. The summed E-state index contributed by atoms with van der Waals surface area (Å²) >= 11 is 1.22. The van der Waals surface area contributed by atoms with E-state index in [9.17, 15) is 14.0 Å². The number of halogens is 1. The molecule has 0 saturated carbocycles. The molecule has 2 heterocycles. The van der Waals surface area contributed by atoms with Crippen molar-refractivity contribution in [1.82, 2.24) is 18.8 Å². The highest BCUT2D eigenvalue weighted by atomic mass is 32.1. The van der Waals surface area contributed by atoms with Crippen LogP contribution in [-0.4, -0.2) is 44.4 Å². The van der Waals surface area contributed by atoms with Crippen LogP contribution >= 0.6 is 11.5 Å². The Labute approximate surface area is 213 Å². The summed E-state index contributed by atoms with van der Waals surface area (Å²) in [7, 11) is 0. The highest BCUT2D eigenvalue weighted by molar-refractivity contribution is 7.12. The zero-order chi connectivity index (χ0) is 25.7. The van der Waals surface area contributed by atoms with Gasteiger partial charge < -0.3 is 10.6 Å². The molecule has 2 N–H and O–H groups in total. The first-order valence-corrected chi connectivity index (χ1v) is 12.8. The second-order valence-corrected chi connectivity index (χ2v) is 9.61. The number of nitrogens with zero attached hydrogens (tertiary/aromatic N) is 4. The van der Waals surface area contributed by atoms with Crippen molar-refractivity contribution in [2.24, 2.45) is 5.73 Å². The van der Waals surface area contributed by atoms with Gasteiger partial charge in [0.25, 0.3) is 11.5 Å². The van der Waals surface area contributed by atoms with E-state index in [0.29, 0.717) is 78.3 Å². The van der Waals surface area contributed by atoms with Crippen LogP contribution in [-0.2, 0) is 13.0 Å². The molecule has 4 rings (SSSR count). The number of carbonyl (C=O) groups is 1. The summed E-state index contributed by atoms with van der Waals surface area (Å²) in [5, 5.41) is 0.556. The van der Waals surface area contributed by atoms with E-state index in [-0.39, 0.29) is 11.5 Å². The first-order valence-electron chi connectivity index (χ1n) is 12.0. The number of carbonyl (C=O) groups excluding carboxylic acids is 1. The molecule has 7 nitrogen and oxygen atoms in total. The lowest BCUT2D eigenvalue weighted by Gasteiger charge is -2.23. The first-order chi connectivity index (χ1) is 17.4. The molecule has 0 radical (unpaired) electrons. The fraction of sp³-hybridized carbons (Fsp3) is 0.333. The third-order valence-corrected chi connectivity index (χ3v) is 7.03. The van der Waals surface area contributed by atoms with Gasteiger partial charge in [-0.15, -0.1) is 0 Å². The van der Waals surface area contributed by atoms with E-state index in [1.165, 1.54) is 17.6 Å². The van der Waals surface area contributed by atoms with Gasteiger partial charge in [0.05, 0.1) is 17.6 Å². The Kier molecular flexibility index (Phi) is 8.22. The van der Waals surface area contributed by atoms with E-state index in [2.05, 4.69) is 4.37 Å². The molecule has 0 aliphatic heterocycles. The van der Waals surface area contributed by atoms with Crippen LogP contribution in [0.4, 0.5) is 4.39 Å². The lowest BCUT2D eigenvalue weighted by Crippen LogP contribution is -2.34. The molecule has 0 fully saturated rings. The molecule has 188 valence electrons. The largest absolute Gasteiger partial charge is 0.339 e. The van der Waals surface area contributed by atoms with Crippen LogP contribution < -0.4 is 11.3 Å². The first kappa shape index (κ1) is 25.7. The molecule has 0 aliphatic carbocycles. The van der Waals surface area contributed by atoms with Gasteiger partial charge in [-0.25, -0.2) is 9.37 Å². The lowest BCUT2D eigenvalue weighted by atomic mass is 10.1. The third-order valence-electron chi connectivity index (χ3n) is 6.20. The maximum absolute atomic E-state index is 14.1. The van der Waals surface area contributed by atoms with Gasteiger partial charge in [-0.05, 0) is 68.0 Å². The van der Waals surface area contributed by atoms with Crippen LogP contribution in [0.1, 0.15) is 45.8 Å². The van der Waals surface area contributed by atoms with Crippen molar-refractivity contribution in [3.63, 3.8) is 0 Å². The molecule has 0 spiro atoms. The summed E-state index contributed by atoms with van der Waals surface area (Å²) in [6.07, 6.45) is 1.74. The Hall–Kier alpha value is -3.43. The number of nitrogens with two attached hydrogens (primary N) is 1. The minimum absolute atomic E-state index is 0.101. The maximum atomic E-state index is 14.1. The van der Waals surface area contributed by atoms with Gasteiger partial charge in [0.2, 0.25) is 0 Å². The number of rotatable bonds is 10. The fourth-order valence-corrected chi connectivity index (χ4v) is 4.95. The molecule has 0 saturated heterocycles. The van der Waals surface area contributed by atoms with Crippen molar-refractivity contribution in [3.8, 4) is 0 Å². The van der Waals surface area contributed by atoms with Crippen LogP contribution in [0, 0.1) is 19.7 Å². The number of hydrogen-bond donors (Lipinski definition) is 1. The molecule has 2 aromatic heterocycles. The molecular weight excluding hydrogens is 477 g/mol. The summed E-state index contributed by atoms with van der Waals surface area (Å²) < 4.78 is 20.1. The molecule has 36 heavy (non-hydrogen) atoms. The summed E-state index contributed by atoms with van der Waals surface area (Å²) in [4.78, 5) is 33.7. The van der Waals surface area contributed by atoms with Crippen LogP contribution in [0.2, 0.25) is 0 Å². The van der Waals surface area contributed by atoms with Crippen molar-refractivity contribution >= 4 is 27.7 Å². The number of hydrogen-bond acceptors (Lipinski definition) is 6. The van der Waals surface area contributed by atoms with Gasteiger partial charge in [-0.1, -0.05) is 36.4 Å². The SMILES string of the molecule is Cc1ccc(C(=O)N(CCCN)CCCc2nc3snc(C)c3c(=O)n2Cc2ccccc2)cc1F. The van der Waals surface area contributed by atoms with E-state index in [1.54, 1.807) is 28.5 Å². The van der Waals surface area contributed by atoms with E-state index < -0.39 is 5.82 Å². The van der Waals surface area contributed by atoms with Crippen LogP contribution in [0.25, 0.3) is 10.2 Å². The molecule has 9 heteroatoms. The van der Waals surface area contributed by atoms with Crippen molar-refractivity contribution < 1.29 is 9.18 Å². The van der Waals surface area contributed by atoms with Crippen molar-refractivity contribution in [1.29, 1.82) is 0 Å². The summed E-state index contributed by atoms with van der Waals surface area (Å²) in [5.74, 6) is 0.0278. The third kappa shape index (κ3) is 5.68. The smallest absolute Gasteiger partial charge is 0.264 e. The Balaban J connectivity index is 1.57. The zero-order valence-corrected chi connectivity index (χ0v) is 21.4. The minimum Gasteiger partial charge on any atom is -0.339 e. The maximum Gasteiger partial charge on any atom is 0.264 e. The van der Waals surface area contributed by atoms with Crippen molar-refractivity contribution in [2.75, 3.05) is 19.6 Å². The van der Waals surface area contributed by atoms with Crippen LogP contribution in [0.3, 0.4) is 0 Å². The van der Waals surface area contributed by atoms with Gasteiger partial charge >= 0.3 is 0 Å². The normalized spacial score (nSPS) is 11.2.